The minimum Gasteiger partial charge on any atom is -0.481 e. The van der Waals surface area contributed by atoms with E-state index in [1.807, 2.05) is 26.8 Å². The van der Waals surface area contributed by atoms with Crippen molar-refractivity contribution >= 4 is 17.8 Å². The van der Waals surface area contributed by atoms with E-state index in [9.17, 15) is 19.5 Å². The minimum atomic E-state index is -0.882. The highest BCUT2D eigenvalue weighted by molar-refractivity contribution is 5.98. The lowest BCUT2D eigenvalue weighted by Gasteiger charge is -2.30. The van der Waals surface area contributed by atoms with Crippen LogP contribution in [0.5, 0.6) is 0 Å². The molecule has 1 aliphatic heterocycles. The van der Waals surface area contributed by atoms with Gasteiger partial charge in [-0.15, -0.1) is 0 Å². The van der Waals surface area contributed by atoms with Gasteiger partial charge in [0.05, 0.1) is 5.92 Å². The van der Waals surface area contributed by atoms with Crippen LogP contribution >= 0.6 is 0 Å². The lowest BCUT2D eigenvalue weighted by Crippen LogP contribution is -2.52. The number of hydrogen-bond donors (Lipinski definition) is 2. The Kier molecular flexibility index (Phi) is 5.82. The fourth-order valence-corrected chi connectivity index (χ4v) is 3.28. The highest BCUT2D eigenvalue weighted by atomic mass is 16.4. The molecule has 1 aliphatic rings. The Bertz CT molecular complexity index is 671. The van der Waals surface area contributed by atoms with E-state index in [1.165, 1.54) is 0 Å². The van der Waals surface area contributed by atoms with E-state index in [-0.39, 0.29) is 23.8 Å². The van der Waals surface area contributed by atoms with Crippen LogP contribution in [0.4, 0.5) is 0 Å². The Morgan fingerprint density at radius 1 is 1.28 bits per heavy atom. The first-order valence-corrected chi connectivity index (χ1v) is 8.63. The van der Waals surface area contributed by atoms with Gasteiger partial charge in [0.15, 0.2) is 0 Å². The number of rotatable bonds is 5. The second-order valence-corrected chi connectivity index (χ2v) is 7.07. The van der Waals surface area contributed by atoms with Crippen LogP contribution < -0.4 is 5.32 Å². The lowest BCUT2D eigenvalue weighted by molar-refractivity contribution is -0.143. The number of nitrogens with zero attached hydrogens (tertiary/aromatic N) is 1. The van der Waals surface area contributed by atoms with Gasteiger partial charge in [0.1, 0.15) is 6.04 Å². The molecule has 1 aromatic rings. The highest BCUT2D eigenvalue weighted by Gasteiger charge is 2.41. The van der Waals surface area contributed by atoms with Gasteiger partial charge in [0.2, 0.25) is 5.91 Å². The lowest BCUT2D eigenvalue weighted by atomic mass is 9.99. The fraction of sp³-hybridized carbons (Fsp3) is 0.526. The van der Waals surface area contributed by atoms with Gasteiger partial charge in [-0.05, 0) is 38.3 Å². The zero-order chi connectivity index (χ0) is 18.7. The average Bonchev–Trinajstić information content (AvgIpc) is 2.93. The summed E-state index contributed by atoms with van der Waals surface area (Å²) < 4.78 is 0. The molecule has 0 aromatic heterocycles. The summed E-state index contributed by atoms with van der Waals surface area (Å²) in [6.45, 7) is 7.80. The molecule has 2 amide bonds. The molecule has 1 fully saturated rings. The number of carbonyl (C=O) groups excluding carboxylic acids is 2. The quantitative estimate of drug-likeness (QED) is 0.854. The van der Waals surface area contributed by atoms with Crippen LogP contribution in [0.2, 0.25) is 0 Å². The third kappa shape index (κ3) is 4.18. The van der Waals surface area contributed by atoms with Crippen LogP contribution in [0.1, 0.15) is 43.1 Å². The first-order valence-electron chi connectivity index (χ1n) is 8.63. The summed E-state index contributed by atoms with van der Waals surface area (Å²) in [5, 5.41) is 12.1. The molecule has 3 unspecified atom stereocenters. The Morgan fingerprint density at radius 2 is 1.96 bits per heavy atom. The number of nitrogens with one attached hydrogen (secondary N) is 1. The van der Waals surface area contributed by atoms with Gasteiger partial charge >= 0.3 is 5.97 Å². The summed E-state index contributed by atoms with van der Waals surface area (Å²) in [5.74, 6) is -2.04. The molecule has 3 atom stereocenters. The summed E-state index contributed by atoms with van der Waals surface area (Å²) >= 11 is 0. The topological polar surface area (TPSA) is 86.7 Å². The van der Waals surface area contributed by atoms with Crippen molar-refractivity contribution in [2.24, 2.45) is 11.8 Å². The molecule has 0 spiro atoms. The van der Waals surface area contributed by atoms with E-state index in [2.05, 4.69) is 5.32 Å². The summed E-state index contributed by atoms with van der Waals surface area (Å²) in [6, 6.07) is 6.14. The van der Waals surface area contributed by atoms with Crippen molar-refractivity contribution in [3.63, 3.8) is 0 Å². The van der Waals surface area contributed by atoms with Crippen molar-refractivity contribution < 1.29 is 19.5 Å². The minimum absolute atomic E-state index is 0.0997. The number of carboxylic acid groups (broad SMARTS) is 1. The zero-order valence-corrected chi connectivity index (χ0v) is 15.2. The number of benzene rings is 1. The van der Waals surface area contributed by atoms with Gasteiger partial charge in [-0.2, -0.15) is 0 Å². The first kappa shape index (κ1) is 19.0. The number of aryl methyl sites for hydroxylation is 1. The van der Waals surface area contributed by atoms with Gasteiger partial charge < -0.3 is 15.3 Å². The third-order valence-electron chi connectivity index (χ3n) is 4.85. The average molecular weight is 346 g/mol. The Labute approximate surface area is 148 Å². The largest absolute Gasteiger partial charge is 0.481 e. The van der Waals surface area contributed by atoms with E-state index in [0.29, 0.717) is 18.5 Å². The molecule has 1 saturated heterocycles. The first-order chi connectivity index (χ1) is 11.7. The molecule has 2 rings (SSSR count). The van der Waals surface area contributed by atoms with Gasteiger partial charge in [-0.25, -0.2) is 0 Å². The molecule has 0 aliphatic carbocycles. The molecular weight excluding hydrogens is 320 g/mol. The van der Waals surface area contributed by atoms with Crippen LogP contribution in [-0.2, 0) is 9.59 Å². The summed E-state index contributed by atoms with van der Waals surface area (Å²) in [5.41, 5.74) is 1.48. The summed E-state index contributed by atoms with van der Waals surface area (Å²) in [6.07, 6.45) is 0.443. The highest BCUT2D eigenvalue weighted by Crippen LogP contribution is 2.26. The normalized spacial score (nSPS) is 21.2. The van der Waals surface area contributed by atoms with E-state index < -0.39 is 17.9 Å². The number of carboxylic acids is 1. The molecule has 6 heteroatoms. The van der Waals surface area contributed by atoms with Crippen LogP contribution in [0.15, 0.2) is 24.3 Å². The maximum Gasteiger partial charge on any atom is 0.308 e. The second-order valence-electron chi connectivity index (χ2n) is 7.07. The Balaban J connectivity index is 2.14. The Morgan fingerprint density at radius 3 is 2.48 bits per heavy atom. The van der Waals surface area contributed by atoms with Crippen molar-refractivity contribution in [2.45, 2.75) is 46.2 Å². The molecular formula is C19H26N2O4. The van der Waals surface area contributed by atoms with Gasteiger partial charge in [-0.3, -0.25) is 14.4 Å². The van der Waals surface area contributed by atoms with Crippen molar-refractivity contribution in [3.8, 4) is 0 Å². The summed E-state index contributed by atoms with van der Waals surface area (Å²) in [4.78, 5) is 38.3. The maximum absolute atomic E-state index is 12.9. The summed E-state index contributed by atoms with van der Waals surface area (Å²) in [7, 11) is 0. The number of amides is 2. The van der Waals surface area contributed by atoms with Crippen molar-refractivity contribution in [1.82, 2.24) is 10.2 Å². The molecule has 6 nitrogen and oxygen atoms in total. The molecule has 0 bridgehead atoms. The Hall–Kier alpha value is -2.37. The van der Waals surface area contributed by atoms with Gasteiger partial charge in [0, 0.05) is 18.2 Å². The predicted molar refractivity (Wildman–Crippen MR) is 94.2 cm³/mol. The number of likely N-dealkylation sites (tertiary alicyclic amines) is 1. The molecule has 1 heterocycles. The van der Waals surface area contributed by atoms with Gasteiger partial charge in [0.25, 0.3) is 5.91 Å². The van der Waals surface area contributed by atoms with Crippen LogP contribution in [0, 0.1) is 18.8 Å². The van der Waals surface area contributed by atoms with Crippen molar-refractivity contribution in [2.75, 3.05) is 6.54 Å². The molecule has 0 radical (unpaired) electrons. The standard InChI is InChI=1S/C19H26N2O4/c1-11(2)16(20-17(22)14-7-5-6-12(3)10-14)18(23)21-9-8-15(13(21)4)19(24)25/h5-7,10-11,13,15-16H,8-9H2,1-4H3,(H,20,22)(H,24,25). The monoisotopic (exact) mass is 346 g/mol. The predicted octanol–water partition coefficient (Wildman–Crippen LogP) is 2.07. The number of carbonyl (C=O) groups is 3. The smallest absolute Gasteiger partial charge is 0.308 e. The van der Waals surface area contributed by atoms with Crippen molar-refractivity contribution in [3.05, 3.63) is 35.4 Å². The fourth-order valence-electron chi connectivity index (χ4n) is 3.28. The number of aliphatic carboxylic acids is 1. The van der Waals surface area contributed by atoms with E-state index in [1.54, 1.807) is 30.0 Å². The van der Waals surface area contributed by atoms with E-state index in [4.69, 9.17) is 0 Å². The third-order valence-corrected chi connectivity index (χ3v) is 4.85. The molecule has 25 heavy (non-hydrogen) atoms. The van der Waals surface area contributed by atoms with Crippen LogP contribution in [0.25, 0.3) is 0 Å². The number of hydrogen-bond acceptors (Lipinski definition) is 3. The van der Waals surface area contributed by atoms with Crippen molar-refractivity contribution in [1.29, 1.82) is 0 Å². The molecule has 136 valence electrons. The van der Waals surface area contributed by atoms with E-state index >= 15 is 0 Å². The molecule has 1 aromatic carbocycles. The van der Waals surface area contributed by atoms with E-state index in [0.717, 1.165) is 5.56 Å². The zero-order valence-electron chi connectivity index (χ0n) is 15.2. The molecule has 0 saturated carbocycles. The van der Waals surface area contributed by atoms with Crippen LogP contribution in [0.3, 0.4) is 0 Å². The maximum atomic E-state index is 12.9. The van der Waals surface area contributed by atoms with Gasteiger partial charge in [-0.1, -0.05) is 31.5 Å². The SMILES string of the molecule is Cc1cccc(C(=O)NC(C(=O)N2CCC(C(=O)O)C2C)C(C)C)c1. The second kappa shape index (κ2) is 7.68. The van der Waals surface area contributed by atoms with Crippen LogP contribution in [-0.4, -0.2) is 46.4 Å². The molecule has 2 N–H and O–H groups in total.